The van der Waals surface area contributed by atoms with Gasteiger partial charge in [-0.15, -0.1) is 0 Å². The van der Waals surface area contributed by atoms with Gasteiger partial charge in [0.25, 0.3) is 0 Å². The summed E-state index contributed by atoms with van der Waals surface area (Å²) >= 11 is 0. The SMILES string of the molecule is COc1ccc(Oc2nc(C)ccc2C(=NCc2cccc(OC)c2)NO)cc1. The highest BCUT2D eigenvalue weighted by Gasteiger charge is 2.14. The van der Waals surface area contributed by atoms with Gasteiger partial charge in [-0.1, -0.05) is 12.1 Å². The molecule has 0 radical (unpaired) electrons. The fraction of sp³-hybridized carbons (Fsp3) is 0.182. The summed E-state index contributed by atoms with van der Waals surface area (Å²) in [5.74, 6) is 2.66. The van der Waals surface area contributed by atoms with Crippen LogP contribution < -0.4 is 19.7 Å². The second-order valence-electron chi connectivity index (χ2n) is 6.21. The zero-order valence-corrected chi connectivity index (χ0v) is 16.5. The molecule has 0 unspecified atom stereocenters. The Hall–Kier alpha value is -3.58. The minimum atomic E-state index is 0.254. The second-order valence-corrected chi connectivity index (χ2v) is 6.21. The van der Waals surface area contributed by atoms with Crippen molar-refractivity contribution in [2.45, 2.75) is 13.5 Å². The number of methoxy groups -OCH3 is 2. The Labute approximate surface area is 169 Å². The largest absolute Gasteiger partial charge is 0.497 e. The average Bonchev–Trinajstić information content (AvgIpc) is 2.76. The maximum Gasteiger partial charge on any atom is 0.230 e. The molecule has 1 heterocycles. The van der Waals surface area contributed by atoms with Crippen LogP contribution in [0, 0.1) is 6.92 Å². The van der Waals surface area contributed by atoms with Gasteiger partial charge in [-0.05, 0) is 61.0 Å². The molecule has 150 valence electrons. The van der Waals surface area contributed by atoms with E-state index in [2.05, 4.69) is 15.5 Å². The number of ether oxygens (including phenoxy) is 3. The van der Waals surface area contributed by atoms with Gasteiger partial charge in [-0.2, -0.15) is 0 Å². The predicted octanol–water partition coefficient (Wildman–Crippen LogP) is 4.13. The van der Waals surface area contributed by atoms with Gasteiger partial charge in [0.05, 0.1) is 26.3 Å². The zero-order chi connectivity index (χ0) is 20.6. The number of aryl methyl sites for hydroxylation is 1. The number of hydrogen-bond acceptors (Lipinski definition) is 6. The van der Waals surface area contributed by atoms with Crippen molar-refractivity contribution in [1.29, 1.82) is 0 Å². The number of pyridine rings is 1. The molecule has 7 nitrogen and oxygen atoms in total. The van der Waals surface area contributed by atoms with E-state index in [4.69, 9.17) is 14.2 Å². The summed E-state index contributed by atoms with van der Waals surface area (Å²) < 4.78 is 16.3. The molecule has 0 saturated heterocycles. The summed E-state index contributed by atoms with van der Waals surface area (Å²) in [6, 6.07) is 18.4. The van der Waals surface area contributed by atoms with Crippen molar-refractivity contribution < 1.29 is 19.4 Å². The number of nitrogens with zero attached hydrogens (tertiary/aromatic N) is 2. The van der Waals surface area contributed by atoms with Gasteiger partial charge in [0.1, 0.15) is 17.2 Å². The van der Waals surface area contributed by atoms with E-state index < -0.39 is 0 Å². The van der Waals surface area contributed by atoms with Crippen LogP contribution in [0.2, 0.25) is 0 Å². The molecule has 0 atom stereocenters. The molecule has 0 aliphatic rings. The number of aromatic nitrogens is 1. The highest BCUT2D eigenvalue weighted by atomic mass is 16.5. The van der Waals surface area contributed by atoms with Crippen molar-refractivity contribution >= 4 is 5.84 Å². The third-order valence-corrected chi connectivity index (χ3v) is 4.19. The van der Waals surface area contributed by atoms with Crippen molar-refractivity contribution in [3.63, 3.8) is 0 Å². The lowest BCUT2D eigenvalue weighted by Gasteiger charge is -2.13. The summed E-state index contributed by atoms with van der Waals surface area (Å²) in [6.07, 6.45) is 0. The van der Waals surface area contributed by atoms with Crippen LogP contribution in [-0.2, 0) is 6.54 Å². The number of nitrogens with one attached hydrogen (secondary N) is 1. The van der Waals surface area contributed by atoms with Gasteiger partial charge in [0.2, 0.25) is 5.88 Å². The first kappa shape index (κ1) is 20.2. The van der Waals surface area contributed by atoms with Crippen molar-refractivity contribution in [1.82, 2.24) is 10.5 Å². The number of aliphatic imine (C=N–C) groups is 1. The minimum Gasteiger partial charge on any atom is -0.497 e. The normalized spacial score (nSPS) is 11.1. The van der Waals surface area contributed by atoms with Gasteiger partial charge in [-0.3, -0.25) is 15.7 Å². The van der Waals surface area contributed by atoms with Gasteiger partial charge >= 0.3 is 0 Å². The van der Waals surface area contributed by atoms with Gasteiger partial charge in [0.15, 0.2) is 5.84 Å². The number of hydroxylamine groups is 1. The van der Waals surface area contributed by atoms with Crippen molar-refractivity contribution in [3.8, 4) is 23.1 Å². The fourth-order valence-electron chi connectivity index (χ4n) is 2.67. The number of amidine groups is 1. The van der Waals surface area contributed by atoms with Crippen LogP contribution in [0.25, 0.3) is 0 Å². The summed E-state index contributed by atoms with van der Waals surface area (Å²) in [4.78, 5) is 8.93. The molecular weight excluding hydrogens is 370 g/mol. The van der Waals surface area contributed by atoms with E-state index in [0.29, 0.717) is 23.7 Å². The lowest BCUT2D eigenvalue weighted by molar-refractivity contribution is 0.234. The van der Waals surface area contributed by atoms with Crippen molar-refractivity contribution in [3.05, 3.63) is 77.5 Å². The second kappa shape index (κ2) is 9.57. The van der Waals surface area contributed by atoms with E-state index in [9.17, 15) is 5.21 Å². The van der Waals surface area contributed by atoms with Crippen molar-refractivity contribution in [2.24, 2.45) is 4.99 Å². The molecule has 3 rings (SSSR count). The average molecular weight is 393 g/mol. The van der Waals surface area contributed by atoms with Crippen molar-refractivity contribution in [2.75, 3.05) is 14.2 Å². The molecule has 0 aliphatic carbocycles. The van der Waals surface area contributed by atoms with E-state index in [1.54, 1.807) is 44.6 Å². The van der Waals surface area contributed by atoms with Gasteiger partial charge in [0, 0.05) is 5.69 Å². The molecule has 2 N–H and O–H groups in total. The molecule has 29 heavy (non-hydrogen) atoms. The molecule has 3 aromatic rings. The lowest BCUT2D eigenvalue weighted by Crippen LogP contribution is -2.21. The number of rotatable bonds is 7. The lowest BCUT2D eigenvalue weighted by atomic mass is 10.2. The van der Waals surface area contributed by atoms with Crippen LogP contribution in [0.5, 0.6) is 23.1 Å². The predicted molar refractivity (Wildman–Crippen MR) is 110 cm³/mol. The molecule has 7 heteroatoms. The quantitative estimate of drug-likeness (QED) is 0.357. The molecule has 1 aromatic heterocycles. The van der Waals surface area contributed by atoms with E-state index in [0.717, 1.165) is 22.8 Å². The number of hydrogen-bond donors (Lipinski definition) is 2. The topological polar surface area (TPSA) is 85.2 Å². The van der Waals surface area contributed by atoms with Crippen LogP contribution in [0.1, 0.15) is 16.8 Å². The molecule has 0 amide bonds. The summed E-state index contributed by atoms with van der Waals surface area (Å²) in [5.41, 5.74) is 4.42. The van der Waals surface area contributed by atoms with Crippen LogP contribution in [0.15, 0.2) is 65.7 Å². The first-order chi connectivity index (χ1) is 14.1. The smallest absolute Gasteiger partial charge is 0.230 e. The molecule has 2 aromatic carbocycles. The van der Waals surface area contributed by atoms with Crippen LogP contribution in [0.4, 0.5) is 0 Å². The molecular formula is C22H23N3O4. The summed E-state index contributed by atoms with van der Waals surface area (Å²) in [5, 5.41) is 9.68. The molecule has 0 saturated carbocycles. The Morgan fingerprint density at radius 1 is 0.966 bits per heavy atom. The standard InChI is InChI=1S/C22H23N3O4/c1-15-7-12-20(22(24-15)29-18-10-8-17(27-2)9-11-18)21(25-26)23-14-16-5-4-6-19(13-16)28-3/h4-13,26H,14H2,1-3H3,(H,23,25). The maximum absolute atomic E-state index is 9.68. The third kappa shape index (κ3) is 5.24. The zero-order valence-electron chi connectivity index (χ0n) is 16.5. The maximum atomic E-state index is 9.68. The fourth-order valence-corrected chi connectivity index (χ4v) is 2.67. The highest BCUT2D eigenvalue weighted by Crippen LogP contribution is 2.26. The van der Waals surface area contributed by atoms with Gasteiger partial charge in [-0.25, -0.2) is 4.98 Å². The van der Waals surface area contributed by atoms with Crippen LogP contribution >= 0.6 is 0 Å². The van der Waals surface area contributed by atoms with Crippen LogP contribution in [0.3, 0.4) is 0 Å². The Kier molecular flexibility index (Phi) is 6.65. The molecule has 0 bridgehead atoms. The van der Waals surface area contributed by atoms with E-state index in [-0.39, 0.29) is 5.84 Å². The Morgan fingerprint density at radius 2 is 1.69 bits per heavy atom. The highest BCUT2D eigenvalue weighted by molar-refractivity contribution is 6.00. The minimum absolute atomic E-state index is 0.254. The van der Waals surface area contributed by atoms with E-state index in [1.165, 1.54) is 0 Å². The first-order valence-electron chi connectivity index (χ1n) is 9.00. The summed E-state index contributed by atoms with van der Waals surface area (Å²) in [7, 11) is 3.22. The Bertz CT molecular complexity index is 988. The summed E-state index contributed by atoms with van der Waals surface area (Å²) in [6.45, 7) is 2.21. The van der Waals surface area contributed by atoms with Crippen LogP contribution in [-0.4, -0.2) is 30.2 Å². The van der Waals surface area contributed by atoms with E-state index >= 15 is 0 Å². The van der Waals surface area contributed by atoms with Gasteiger partial charge < -0.3 is 14.2 Å². The Morgan fingerprint density at radius 3 is 2.38 bits per heavy atom. The Balaban J connectivity index is 1.88. The number of benzene rings is 2. The third-order valence-electron chi connectivity index (χ3n) is 4.19. The first-order valence-corrected chi connectivity index (χ1v) is 9.00. The molecule has 0 aliphatic heterocycles. The monoisotopic (exact) mass is 393 g/mol. The molecule has 0 spiro atoms. The molecule has 0 fully saturated rings. The van der Waals surface area contributed by atoms with E-state index in [1.807, 2.05) is 37.3 Å².